The van der Waals surface area contributed by atoms with Gasteiger partial charge >= 0.3 is 0 Å². The van der Waals surface area contributed by atoms with Crippen LogP contribution in [-0.2, 0) is 0 Å². The summed E-state index contributed by atoms with van der Waals surface area (Å²) in [5, 5.41) is 0.532. The monoisotopic (exact) mass is 249 g/mol. The van der Waals surface area contributed by atoms with Crippen molar-refractivity contribution in [3.8, 4) is 0 Å². The molecule has 0 bridgehead atoms. The SMILES string of the molecule is O=C(c1ccccc1)c1ccc2[nH]ccc(=O)c2c1. The molecule has 2 aromatic carbocycles. The molecule has 3 rings (SSSR count). The number of nitrogens with one attached hydrogen (secondary N) is 1. The molecule has 0 radical (unpaired) electrons. The van der Waals surface area contributed by atoms with Crippen LogP contribution in [0.25, 0.3) is 10.9 Å². The van der Waals surface area contributed by atoms with E-state index < -0.39 is 0 Å². The number of hydrogen-bond donors (Lipinski definition) is 1. The minimum Gasteiger partial charge on any atom is -0.361 e. The van der Waals surface area contributed by atoms with Gasteiger partial charge in [0, 0.05) is 34.3 Å². The molecule has 0 saturated carbocycles. The summed E-state index contributed by atoms with van der Waals surface area (Å²) in [6, 6.07) is 15.6. The quantitative estimate of drug-likeness (QED) is 0.710. The molecule has 0 aliphatic heterocycles. The van der Waals surface area contributed by atoms with Crippen molar-refractivity contribution in [3.63, 3.8) is 0 Å². The first-order valence-corrected chi connectivity index (χ1v) is 5.97. The summed E-state index contributed by atoms with van der Waals surface area (Å²) in [5.41, 5.74) is 1.79. The summed E-state index contributed by atoms with van der Waals surface area (Å²) in [6.45, 7) is 0. The number of hydrogen-bond acceptors (Lipinski definition) is 2. The fraction of sp³-hybridized carbons (Fsp3) is 0. The standard InChI is InChI=1S/C16H11NO2/c18-15-8-9-17-14-7-6-12(10-13(14)15)16(19)11-4-2-1-3-5-11/h1-10H,(H,17,18). The van der Waals surface area contributed by atoms with E-state index in [9.17, 15) is 9.59 Å². The zero-order valence-corrected chi connectivity index (χ0v) is 10.1. The lowest BCUT2D eigenvalue weighted by molar-refractivity contribution is 0.103. The maximum Gasteiger partial charge on any atom is 0.193 e. The van der Waals surface area contributed by atoms with Crippen molar-refractivity contribution in [2.24, 2.45) is 0 Å². The van der Waals surface area contributed by atoms with Crippen LogP contribution in [0.1, 0.15) is 15.9 Å². The van der Waals surface area contributed by atoms with Gasteiger partial charge in [-0.2, -0.15) is 0 Å². The Morgan fingerprint density at radius 1 is 0.895 bits per heavy atom. The van der Waals surface area contributed by atoms with Crippen LogP contribution in [0.3, 0.4) is 0 Å². The van der Waals surface area contributed by atoms with E-state index in [2.05, 4.69) is 4.98 Å². The minimum atomic E-state index is -0.0866. The number of benzene rings is 2. The van der Waals surface area contributed by atoms with E-state index in [0.29, 0.717) is 16.5 Å². The van der Waals surface area contributed by atoms with E-state index in [1.807, 2.05) is 18.2 Å². The summed E-state index contributed by atoms with van der Waals surface area (Å²) in [7, 11) is 0. The second kappa shape index (κ2) is 4.53. The van der Waals surface area contributed by atoms with E-state index in [4.69, 9.17) is 0 Å². The molecule has 3 nitrogen and oxygen atoms in total. The molecule has 0 saturated heterocycles. The average Bonchev–Trinajstić information content (AvgIpc) is 2.47. The van der Waals surface area contributed by atoms with E-state index in [0.717, 1.165) is 5.52 Å². The average molecular weight is 249 g/mol. The molecule has 0 aliphatic carbocycles. The molecule has 0 aliphatic rings. The van der Waals surface area contributed by atoms with Crippen molar-refractivity contribution in [3.05, 3.63) is 82.1 Å². The van der Waals surface area contributed by atoms with Gasteiger partial charge in [-0.3, -0.25) is 9.59 Å². The molecule has 0 spiro atoms. The third-order valence-electron chi connectivity index (χ3n) is 3.06. The second-order valence-electron chi connectivity index (χ2n) is 4.30. The predicted molar refractivity (Wildman–Crippen MR) is 74.4 cm³/mol. The van der Waals surface area contributed by atoms with Crippen molar-refractivity contribution < 1.29 is 4.79 Å². The fourth-order valence-electron chi connectivity index (χ4n) is 2.07. The van der Waals surface area contributed by atoms with Gasteiger partial charge in [0.05, 0.1) is 0 Å². The Morgan fingerprint density at radius 2 is 1.68 bits per heavy atom. The van der Waals surface area contributed by atoms with Gasteiger partial charge in [-0.15, -0.1) is 0 Å². The second-order valence-corrected chi connectivity index (χ2v) is 4.30. The Kier molecular flexibility index (Phi) is 2.72. The third-order valence-corrected chi connectivity index (χ3v) is 3.06. The molecule has 1 N–H and O–H groups in total. The molecule has 0 atom stereocenters. The van der Waals surface area contributed by atoms with Crippen LogP contribution < -0.4 is 5.43 Å². The van der Waals surface area contributed by atoms with Crippen LogP contribution in [0.4, 0.5) is 0 Å². The smallest absolute Gasteiger partial charge is 0.193 e. The van der Waals surface area contributed by atoms with Gasteiger partial charge in [0.1, 0.15) is 0 Å². The molecule has 92 valence electrons. The number of H-pyrrole nitrogens is 1. The Bertz CT molecular complexity index is 804. The molecule has 3 aromatic rings. The lowest BCUT2D eigenvalue weighted by Crippen LogP contribution is -2.05. The van der Waals surface area contributed by atoms with E-state index in [-0.39, 0.29) is 11.2 Å². The lowest BCUT2D eigenvalue weighted by atomic mass is 10.0. The Hall–Kier alpha value is -2.68. The molecule has 0 unspecified atom stereocenters. The molecular weight excluding hydrogens is 238 g/mol. The molecule has 0 fully saturated rings. The number of carbonyl (C=O) groups is 1. The van der Waals surface area contributed by atoms with Crippen LogP contribution in [-0.4, -0.2) is 10.8 Å². The van der Waals surface area contributed by atoms with E-state index in [1.54, 1.807) is 36.5 Å². The number of pyridine rings is 1. The van der Waals surface area contributed by atoms with Gasteiger partial charge in [-0.1, -0.05) is 30.3 Å². The summed E-state index contributed by atoms with van der Waals surface area (Å²) >= 11 is 0. The first-order chi connectivity index (χ1) is 9.25. The van der Waals surface area contributed by atoms with Crippen LogP contribution in [0.15, 0.2) is 65.6 Å². The summed E-state index contributed by atoms with van der Waals surface area (Å²) in [5.74, 6) is -0.0780. The van der Waals surface area contributed by atoms with Gasteiger partial charge in [0.25, 0.3) is 0 Å². The normalized spacial score (nSPS) is 10.5. The van der Waals surface area contributed by atoms with Gasteiger partial charge in [-0.05, 0) is 18.2 Å². The van der Waals surface area contributed by atoms with Gasteiger partial charge in [0.15, 0.2) is 11.2 Å². The van der Waals surface area contributed by atoms with Crippen molar-refractivity contribution in [1.82, 2.24) is 4.98 Å². The Morgan fingerprint density at radius 3 is 2.47 bits per heavy atom. The van der Waals surface area contributed by atoms with Crippen LogP contribution in [0.2, 0.25) is 0 Å². The van der Waals surface area contributed by atoms with E-state index in [1.165, 1.54) is 6.07 Å². The highest BCUT2D eigenvalue weighted by Gasteiger charge is 2.09. The Balaban J connectivity index is 2.14. The number of rotatable bonds is 2. The highest BCUT2D eigenvalue weighted by molar-refractivity contribution is 6.10. The lowest BCUT2D eigenvalue weighted by Gasteiger charge is -2.03. The number of carbonyl (C=O) groups excluding carboxylic acids is 1. The minimum absolute atomic E-state index is 0.0780. The highest BCUT2D eigenvalue weighted by Crippen LogP contribution is 2.14. The van der Waals surface area contributed by atoms with Gasteiger partial charge < -0.3 is 4.98 Å². The van der Waals surface area contributed by atoms with Crippen LogP contribution in [0.5, 0.6) is 0 Å². The Labute approximate surface area is 109 Å². The number of aromatic amines is 1. The maximum absolute atomic E-state index is 12.3. The van der Waals surface area contributed by atoms with Crippen molar-refractivity contribution in [1.29, 1.82) is 0 Å². The molecular formula is C16H11NO2. The molecule has 1 heterocycles. The van der Waals surface area contributed by atoms with Crippen LogP contribution in [0, 0.1) is 0 Å². The number of aromatic nitrogens is 1. The number of ketones is 1. The van der Waals surface area contributed by atoms with Gasteiger partial charge in [0.2, 0.25) is 0 Å². The van der Waals surface area contributed by atoms with Crippen molar-refractivity contribution in [2.75, 3.05) is 0 Å². The first-order valence-electron chi connectivity index (χ1n) is 5.97. The largest absolute Gasteiger partial charge is 0.361 e. The molecule has 1 aromatic heterocycles. The van der Waals surface area contributed by atoms with E-state index >= 15 is 0 Å². The zero-order valence-electron chi connectivity index (χ0n) is 10.1. The molecule has 0 amide bonds. The topological polar surface area (TPSA) is 49.9 Å². The van der Waals surface area contributed by atoms with Gasteiger partial charge in [-0.25, -0.2) is 0 Å². The molecule has 19 heavy (non-hydrogen) atoms. The predicted octanol–water partition coefficient (Wildman–Crippen LogP) is 2.76. The fourth-order valence-corrected chi connectivity index (χ4v) is 2.07. The first kappa shape index (κ1) is 11.4. The number of fused-ring (bicyclic) bond motifs is 1. The third kappa shape index (κ3) is 2.06. The van der Waals surface area contributed by atoms with Crippen molar-refractivity contribution in [2.45, 2.75) is 0 Å². The summed E-state index contributed by atoms with van der Waals surface area (Å²) in [4.78, 5) is 27.0. The summed E-state index contributed by atoms with van der Waals surface area (Å²) < 4.78 is 0. The molecule has 3 heteroatoms. The maximum atomic E-state index is 12.3. The van der Waals surface area contributed by atoms with Crippen molar-refractivity contribution >= 4 is 16.7 Å². The zero-order chi connectivity index (χ0) is 13.2. The highest BCUT2D eigenvalue weighted by atomic mass is 16.1. The van der Waals surface area contributed by atoms with Crippen LogP contribution >= 0.6 is 0 Å². The summed E-state index contributed by atoms with van der Waals surface area (Å²) in [6.07, 6.45) is 1.60.